The van der Waals surface area contributed by atoms with Crippen LogP contribution < -0.4 is 5.73 Å². The molecule has 1 aliphatic heterocycles. The van der Waals surface area contributed by atoms with Gasteiger partial charge in [-0.3, -0.25) is 14.7 Å². The Hall–Kier alpha value is -1.72. The standard InChI is InChI=1S/C21H27N3O2/c1-26-21(15-5-6-23-19(10-15)20(22)25)16-3-2-4-17(21)12-24(11-16)18-8-13-7-14(13)9-18/h5-6,8,10,14,16-18H,2-4,7,9,11-12H2,1H3,(H2,22,25)/t14-,16?,17?,18?,21?/m0/s1. The monoisotopic (exact) mass is 353 g/mol. The van der Waals surface area contributed by atoms with Crippen molar-refractivity contribution in [1.29, 1.82) is 0 Å². The highest BCUT2D eigenvalue weighted by atomic mass is 16.5. The molecule has 0 spiro atoms. The third-order valence-electron chi connectivity index (χ3n) is 7.28. The number of allylic oxidation sites excluding steroid dienone is 1. The highest BCUT2D eigenvalue weighted by Gasteiger charge is 2.54. The molecule has 0 radical (unpaired) electrons. The van der Waals surface area contributed by atoms with Crippen molar-refractivity contribution >= 4 is 5.91 Å². The van der Waals surface area contributed by atoms with Gasteiger partial charge < -0.3 is 10.5 Å². The number of piperidine rings is 1. The highest BCUT2D eigenvalue weighted by molar-refractivity contribution is 5.90. The smallest absolute Gasteiger partial charge is 0.267 e. The molecule has 5 nitrogen and oxygen atoms in total. The molecule has 26 heavy (non-hydrogen) atoms. The molecule has 1 saturated heterocycles. The van der Waals surface area contributed by atoms with E-state index in [1.165, 1.54) is 32.1 Å². The predicted molar refractivity (Wildman–Crippen MR) is 98.4 cm³/mol. The first kappa shape index (κ1) is 16.5. The lowest BCUT2D eigenvalue weighted by atomic mass is 9.62. The fourth-order valence-corrected chi connectivity index (χ4v) is 5.99. The lowest BCUT2D eigenvalue weighted by Crippen LogP contribution is -2.60. The van der Waals surface area contributed by atoms with E-state index in [4.69, 9.17) is 10.5 Å². The lowest BCUT2D eigenvalue weighted by Gasteiger charge is -2.56. The number of amides is 1. The number of hydrogen-bond donors (Lipinski definition) is 1. The molecule has 2 saturated carbocycles. The Bertz CT molecular complexity index is 760. The Balaban J connectivity index is 1.49. The zero-order chi connectivity index (χ0) is 17.9. The Morgan fingerprint density at radius 2 is 2.12 bits per heavy atom. The molecule has 2 bridgehead atoms. The number of rotatable bonds is 4. The Morgan fingerprint density at radius 3 is 2.73 bits per heavy atom. The van der Waals surface area contributed by atoms with Gasteiger partial charge in [-0.05, 0) is 49.3 Å². The van der Waals surface area contributed by atoms with Crippen molar-refractivity contribution in [2.24, 2.45) is 23.5 Å². The number of carbonyl (C=O) groups is 1. The van der Waals surface area contributed by atoms with Gasteiger partial charge in [0.15, 0.2) is 0 Å². The van der Waals surface area contributed by atoms with E-state index in [1.54, 1.807) is 11.8 Å². The average Bonchev–Trinajstić information content (AvgIpc) is 3.25. The summed E-state index contributed by atoms with van der Waals surface area (Å²) in [5.74, 6) is 1.29. The highest BCUT2D eigenvalue weighted by Crippen LogP contribution is 2.54. The number of ether oxygens (including phenoxy) is 1. The minimum Gasteiger partial charge on any atom is -0.373 e. The molecule has 4 atom stereocenters. The van der Waals surface area contributed by atoms with Crippen molar-refractivity contribution in [3.05, 3.63) is 41.2 Å². The number of primary amides is 1. The Labute approximate surface area is 154 Å². The van der Waals surface area contributed by atoms with Crippen LogP contribution in [0.15, 0.2) is 30.0 Å². The molecule has 4 aliphatic rings. The normalized spacial score (nSPS) is 38.6. The number of methoxy groups -OCH3 is 1. The van der Waals surface area contributed by atoms with Crippen molar-refractivity contribution in [2.75, 3.05) is 20.2 Å². The molecule has 3 fully saturated rings. The molecular weight excluding hydrogens is 326 g/mol. The number of fused-ring (bicyclic) bond motifs is 3. The van der Waals surface area contributed by atoms with Crippen LogP contribution in [0.25, 0.3) is 0 Å². The van der Waals surface area contributed by atoms with E-state index >= 15 is 0 Å². The minimum absolute atomic E-state index is 0.323. The van der Waals surface area contributed by atoms with Crippen LogP contribution in [0.2, 0.25) is 0 Å². The van der Waals surface area contributed by atoms with Gasteiger partial charge in [0.1, 0.15) is 11.3 Å². The van der Waals surface area contributed by atoms with Gasteiger partial charge in [0.05, 0.1) is 0 Å². The first-order valence-electron chi connectivity index (χ1n) is 9.88. The summed E-state index contributed by atoms with van der Waals surface area (Å²) in [5.41, 5.74) is 8.25. The first-order chi connectivity index (χ1) is 12.6. The van der Waals surface area contributed by atoms with Gasteiger partial charge in [-0.15, -0.1) is 0 Å². The number of nitrogens with two attached hydrogens (primary N) is 1. The van der Waals surface area contributed by atoms with Crippen molar-refractivity contribution in [2.45, 2.75) is 43.7 Å². The van der Waals surface area contributed by atoms with Crippen molar-refractivity contribution in [1.82, 2.24) is 9.88 Å². The summed E-state index contributed by atoms with van der Waals surface area (Å²) in [6, 6.07) is 4.50. The lowest BCUT2D eigenvalue weighted by molar-refractivity contribution is -0.172. The maximum absolute atomic E-state index is 11.6. The molecule has 1 aromatic heterocycles. The van der Waals surface area contributed by atoms with Gasteiger partial charge in [-0.25, -0.2) is 0 Å². The van der Waals surface area contributed by atoms with Gasteiger partial charge in [0, 0.05) is 44.3 Å². The number of carbonyl (C=O) groups excluding carboxylic acids is 1. The fourth-order valence-electron chi connectivity index (χ4n) is 5.99. The van der Waals surface area contributed by atoms with Crippen LogP contribution in [-0.2, 0) is 10.3 Å². The second kappa shape index (κ2) is 5.89. The Morgan fingerprint density at radius 1 is 1.35 bits per heavy atom. The van der Waals surface area contributed by atoms with Gasteiger partial charge >= 0.3 is 0 Å². The molecule has 138 valence electrons. The maximum atomic E-state index is 11.6. The molecule has 1 aromatic rings. The summed E-state index contributed by atoms with van der Waals surface area (Å²) in [7, 11) is 1.83. The largest absolute Gasteiger partial charge is 0.373 e. The number of hydrogen-bond acceptors (Lipinski definition) is 4. The van der Waals surface area contributed by atoms with Gasteiger partial charge in [0.25, 0.3) is 5.91 Å². The van der Waals surface area contributed by atoms with Crippen LogP contribution in [0, 0.1) is 17.8 Å². The van der Waals surface area contributed by atoms with Crippen molar-refractivity contribution < 1.29 is 9.53 Å². The number of aromatic nitrogens is 1. The second-order valence-electron chi connectivity index (χ2n) is 8.52. The quantitative estimate of drug-likeness (QED) is 0.845. The van der Waals surface area contributed by atoms with Crippen LogP contribution in [-0.4, -0.2) is 42.0 Å². The molecule has 5 heteroatoms. The van der Waals surface area contributed by atoms with Crippen LogP contribution in [0.1, 0.15) is 48.2 Å². The molecule has 3 aliphatic carbocycles. The van der Waals surface area contributed by atoms with Crippen LogP contribution >= 0.6 is 0 Å². The van der Waals surface area contributed by atoms with Crippen LogP contribution in [0.3, 0.4) is 0 Å². The molecule has 3 unspecified atom stereocenters. The van der Waals surface area contributed by atoms with E-state index in [2.05, 4.69) is 16.0 Å². The van der Waals surface area contributed by atoms with Gasteiger partial charge in [-0.2, -0.15) is 0 Å². The third-order valence-corrected chi connectivity index (χ3v) is 7.28. The van der Waals surface area contributed by atoms with E-state index in [1.807, 2.05) is 19.2 Å². The van der Waals surface area contributed by atoms with Crippen LogP contribution in [0.5, 0.6) is 0 Å². The fraction of sp³-hybridized carbons (Fsp3) is 0.619. The maximum Gasteiger partial charge on any atom is 0.267 e. The number of pyridine rings is 1. The zero-order valence-corrected chi connectivity index (χ0v) is 15.4. The SMILES string of the molecule is COC1(c2ccnc(C(N)=O)c2)C2CCCC1CN(C1C=C3C[C@H]3C1)C2. The third kappa shape index (κ3) is 2.37. The molecule has 1 amide bonds. The summed E-state index contributed by atoms with van der Waals surface area (Å²) in [6.45, 7) is 2.14. The number of likely N-dealkylation sites (tertiary alicyclic amines) is 1. The van der Waals surface area contributed by atoms with Gasteiger partial charge in [-0.1, -0.05) is 18.1 Å². The Kier molecular flexibility index (Phi) is 3.73. The topological polar surface area (TPSA) is 68.5 Å². The zero-order valence-electron chi connectivity index (χ0n) is 15.4. The molecule has 0 aromatic carbocycles. The number of nitrogens with zero attached hydrogens (tertiary/aromatic N) is 2. The summed E-state index contributed by atoms with van der Waals surface area (Å²) >= 11 is 0. The summed E-state index contributed by atoms with van der Waals surface area (Å²) in [5, 5.41) is 0. The summed E-state index contributed by atoms with van der Waals surface area (Å²) in [6.07, 6.45) is 10.5. The first-order valence-corrected chi connectivity index (χ1v) is 9.88. The average molecular weight is 353 g/mol. The van der Waals surface area contributed by atoms with E-state index in [0.29, 0.717) is 23.6 Å². The van der Waals surface area contributed by atoms with Gasteiger partial charge in [0.2, 0.25) is 0 Å². The van der Waals surface area contributed by atoms with Crippen molar-refractivity contribution in [3.63, 3.8) is 0 Å². The summed E-state index contributed by atoms with van der Waals surface area (Å²) in [4.78, 5) is 18.5. The summed E-state index contributed by atoms with van der Waals surface area (Å²) < 4.78 is 6.29. The van der Waals surface area contributed by atoms with E-state index in [9.17, 15) is 4.79 Å². The second-order valence-corrected chi connectivity index (χ2v) is 8.52. The van der Waals surface area contributed by atoms with E-state index < -0.39 is 5.91 Å². The molecule has 2 heterocycles. The molecular formula is C21H27N3O2. The molecule has 5 rings (SSSR count). The predicted octanol–water partition coefficient (Wildman–Crippen LogP) is 2.47. The molecule has 2 N–H and O–H groups in total. The minimum atomic E-state index is -0.475. The van der Waals surface area contributed by atoms with Crippen molar-refractivity contribution in [3.8, 4) is 0 Å². The van der Waals surface area contributed by atoms with E-state index in [-0.39, 0.29) is 5.60 Å². The van der Waals surface area contributed by atoms with Crippen LogP contribution in [0.4, 0.5) is 0 Å². The van der Waals surface area contributed by atoms with E-state index in [0.717, 1.165) is 24.6 Å².